The van der Waals surface area contributed by atoms with Crippen LogP contribution in [0.4, 0.5) is 5.69 Å². The number of likely N-dealkylation sites (tertiary alicyclic amines) is 1. The molecule has 1 aliphatic heterocycles. The monoisotopic (exact) mass is 295 g/mol. The molecule has 1 aromatic rings. The van der Waals surface area contributed by atoms with Crippen molar-refractivity contribution in [2.24, 2.45) is 0 Å². The minimum Gasteiger partial charge on any atom is -0.373 e. The number of anilines is 1. The number of hydrogen-bond acceptors (Lipinski definition) is 3. The van der Waals surface area contributed by atoms with Gasteiger partial charge in [-0.1, -0.05) is 24.6 Å². The Morgan fingerprint density at radius 3 is 2.85 bits per heavy atom. The van der Waals surface area contributed by atoms with Crippen molar-refractivity contribution in [3.05, 3.63) is 28.8 Å². The predicted octanol–water partition coefficient (Wildman–Crippen LogP) is 2.98. The lowest BCUT2D eigenvalue weighted by Gasteiger charge is -2.27. The molecule has 20 heavy (non-hydrogen) atoms. The van der Waals surface area contributed by atoms with E-state index in [9.17, 15) is 0 Å². The van der Waals surface area contributed by atoms with Gasteiger partial charge in [0.05, 0.1) is 0 Å². The van der Waals surface area contributed by atoms with Gasteiger partial charge in [-0.25, -0.2) is 0 Å². The van der Waals surface area contributed by atoms with Gasteiger partial charge in [0.15, 0.2) is 0 Å². The summed E-state index contributed by atoms with van der Waals surface area (Å²) in [4.78, 5) is 4.77. The maximum atomic E-state index is 6.38. The number of nitrogens with zero attached hydrogens (tertiary/aromatic N) is 2. The van der Waals surface area contributed by atoms with Gasteiger partial charge in [-0.2, -0.15) is 0 Å². The molecule has 0 spiro atoms. The molecule has 0 bridgehead atoms. The molecule has 0 aromatic heterocycles. The van der Waals surface area contributed by atoms with E-state index in [1.165, 1.54) is 30.6 Å². The Balaban J connectivity index is 1.99. The zero-order valence-corrected chi connectivity index (χ0v) is 13.6. The summed E-state index contributed by atoms with van der Waals surface area (Å²) in [6.45, 7) is 6.20. The third kappa shape index (κ3) is 3.87. The molecule has 1 N–H and O–H groups in total. The molecular formula is C16H26ClN3. The summed E-state index contributed by atoms with van der Waals surface area (Å²) < 4.78 is 0. The van der Waals surface area contributed by atoms with E-state index in [1.54, 1.807) is 0 Å². The predicted molar refractivity (Wildman–Crippen MR) is 87.8 cm³/mol. The molecule has 0 saturated carbocycles. The van der Waals surface area contributed by atoms with Gasteiger partial charge in [-0.3, -0.25) is 0 Å². The Kier molecular flexibility index (Phi) is 5.70. The van der Waals surface area contributed by atoms with Crippen LogP contribution in [0.3, 0.4) is 0 Å². The van der Waals surface area contributed by atoms with E-state index in [0.717, 1.165) is 24.7 Å². The van der Waals surface area contributed by atoms with Crippen LogP contribution in [0.1, 0.15) is 25.3 Å². The topological polar surface area (TPSA) is 18.5 Å². The fourth-order valence-electron chi connectivity index (χ4n) is 2.81. The number of nitrogens with one attached hydrogen (secondary N) is 1. The zero-order valence-electron chi connectivity index (χ0n) is 12.8. The molecule has 1 atom stereocenters. The van der Waals surface area contributed by atoms with Gasteiger partial charge in [0.1, 0.15) is 0 Å². The number of benzene rings is 1. The number of rotatable bonds is 6. The van der Waals surface area contributed by atoms with E-state index in [2.05, 4.69) is 54.3 Å². The van der Waals surface area contributed by atoms with Crippen LogP contribution in [0.5, 0.6) is 0 Å². The Morgan fingerprint density at radius 1 is 1.45 bits per heavy atom. The van der Waals surface area contributed by atoms with Crippen LogP contribution < -0.4 is 10.2 Å². The largest absolute Gasteiger partial charge is 0.373 e. The summed E-state index contributed by atoms with van der Waals surface area (Å²) in [7, 11) is 4.37. The van der Waals surface area contributed by atoms with Crippen LogP contribution in [0.25, 0.3) is 0 Å². The third-order valence-corrected chi connectivity index (χ3v) is 4.55. The first-order chi connectivity index (χ1) is 9.61. The van der Waals surface area contributed by atoms with Crippen molar-refractivity contribution in [2.75, 3.05) is 38.6 Å². The van der Waals surface area contributed by atoms with Crippen LogP contribution in [0.2, 0.25) is 5.02 Å². The Labute approximate surface area is 127 Å². The van der Waals surface area contributed by atoms with Gasteiger partial charge in [0, 0.05) is 36.9 Å². The van der Waals surface area contributed by atoms with Gasteiger partial charge >= 0.3 is 0 Å². The summed E-state index contributed by atoms with van der Waals surface area (Å²) in [6.07, 6.45) is 2.62. The molecule has 4 heteroatoms. The molecule has 0 amide bonds. The van der Waals surface area contributed by atoms with Crippen molar-refractivity contribution in [3.63, 3.8) is 0 Å². The second kappa shape index (κ2) is 7.30. The third-order valence-electron chi connectivity index (χ3n) is 4.20. The second-order valence-corrected chi connectivity index (χ2v) is 6.12. The van der Waals surface area contributed by atoms with Crippen molar-refractivity contribution in [3.8, 4) is 0 Å². The normalized spacial score (nSPS) is 19.5. The van der Waals surface area contributed by atoms with Crippen LogP contribution in [0.15, 0.2) is 18.2 Å². The molecule has 1 saturated heterocycles. The Bertz CT molecular complexity index is 436. The van der Waals surface area contributed by atoms with Crippen molar-refractivity contribution in [1.82, 2.24) is 10.2 Å². The van der Waals surface area contributed by atoms with E-state index < -0.39 is 0 Å². The average Bonchev–Trinajstić information content (AvgIpc) is 2.83. The highest BCUT2D eigenvalue weighted by Gasteiger charge is 2.22. The van der Waals surface area contributed by atoms with Crippen LogP contribution in [-0.4, -0.2) is 44.7 Å². The van der Waals surface area contributed by atoms with Crippen molar-refractivity contribution < 1.29 is 0 Å². The highest BCUT2D eigenvalue weighted by atomic mass is 35.5. The molecule has 0 aliphatic carbocycles. The molecule has 0 radical (unpaired) electrons. The van der Waals surface area contributed by atoms with Gasteiger partial charge in [-0.15, -0.1) is 0 Å². The highest BCUT2D eigenvalue weighted by molar-refractivity contribution is 6.31. The van der Waals surface area contributed by atoms with Crippen molar-refractivity contribution in [1.29, 1.82) is 0 Å². The Hall–Kier alpha value is -0.770. The van der Waals surface area contributed by atoms with E-state index in [0.29, 0.717) is 6.04 Å². The minimum absolute atomic E-state index is 0.667. The summed E-state index contributed by atoms with van der Waals surface area (Å²) in [6, 6.07) is 7.06. The molecule has 1 fully saturated rings. The lowest BCUT2D eigenvalue weighted by atomic mass is 10.1. The molecule has 3 nitrogen and oxygen atoms in total. The first kappa shape index (κ1) is 15.6. The first-order valence-electron chi connectivity index (χ1n) is 7.52. The minimum atomic E-state index is 0.667. The van der Waals surface area contributed by atoms with E-state index in [-0.39, 0.29) is 0 Å². The van der Waals surface area contributed by atoms with E-state index in [1.807, 2.05) is 0 Å². The maximum absolute atomic E-state index is 6.38. The number of halogens is 1. The first-order valence-corrected chi connectivity index (χ1v) is 7.90. The van der Waals surface area contributed by atoms with Gasteiger partial charge in [0.2, 0.25) is 0 Å². The van der Waals surface area contributed by atoms with E-state index >= 15 is 0 Å². The number of likely N-dealkylation sites (N-methyl/N-ethyl adjacent to an activating group) is 2. The molecule has 2 rings (SSSR count). The summed E-state index contributed by atoms with van der Waals surface area (Å²) in [5.41, 5.74) is 2.37. The molecule has 1 aliphatic rings. The Morgan fingerprint density at radius 2 is 2.25 bits per heavy atom. The van der Waals surface area contributed by atoms with E-state index in [4.69, 9.17) is 11.6 Å². The molecular weight excluding hydrogens is 270 g/mol. The summed E-state index contributed by atoms with van der Waals surface area (Å²) in [5.74, 6) is 0. The maximum Gasteiger partial charge on any atom is 0.0471 e. The second-order valence-electron chi connectivity index (χ2n) is 5.71. The van der Waals surface area contributed by atoms with Gasteiger partial charge < -0.3 is 15.1 Å². The highest BCUT2D eigenvalue weighted by Crippen LogP contribution is 2.25. The van der Waals surface area contributed by atoms with Crippen LogP contribution in [0, 0.1) is 0 Å². The molecule has 1 heterocycles. The summed E-state index contributed by atoms with van der Waals surface area (Å²) in [5, 5.41) is 4.17. The average molecular weight is 296 g/mol. The summed E-state index contributed by atoms with van der Waals surface area (Å²) >= 11 is 6.38. The lowest BCUT2D eigenvalue weighted by molar-refractivity contribution is 0.314. The quantitative estimate of drug-likeness (QED) is 0.870. The zero-order chi connectivity index (χ0) is 14.5. The lowest BCUT2D eigenvalue weighted by Crippen LogP contribution is -2.36. The fourth-order valence-corrected chi connectivity index (χ4v) is 3.05. The molecule has 1 unspecified atom stereocenters. The van der Waals surface area contributed by atoms with Gasteiger partial charge in [0.25, 0.3) is 0 Å². The van der Waals surface area contributed by atoms with Crippen molar-refractivity contribution in [2.45, 2.75) is 32.4 Å². The molecule has 1 aromatic carbocycles. The standard InChI is InChI=1S/C16H26ClN3/c1-4-18-11-13-7-8-14(10-16(13)17)20(3)12-15-6-5-9-19(15)2/h7-8,10,15,18H,4-6,9,11-12H2,1-3H3. The number of hydrogen-bond donors (Lipinski definition) is 1. The van der Waals surface area contributed by atoms with Gasteiger partial charge in [-0.05, 0) is 50.7 Å². The SMILES string of the molecule is CCNCc1ccc(N(C)CC2CCCN2C)cc1Cl. The smallest absolute Gasteiger partial charge is 0.0471 e. The fraction of sp³-hybridized carbons (Fsp3) is 0.625. The molecule has 112 valence electrons. The van der Waals surface area contributed by atoms with Crippen molar-refractivity contribution >= 4 is 17.3 Å². The van der Waals surface area contributed by atoms with Crippen LogP contribution in [-0.2, 0) is 6.54 Å². The van der Waals surface area contributed by atoms with Crippen LogP contribution >= 0.6 is 11.6 Å².